The van der Waals surface area contributed by atoms with Crippen LogP contribution in [0, 0.1) is 0 Å². The highest BCUT2D eigenvalue weighted by Gasteiger charge is 2.27. The van der Waals surface area contributed by atoms with Gasteiger partial charge in [-0.2, -0.15) is 0 Å². The van der Waals surface area contributed by atoms with Crippen molar-refractivity contribution in [2.45, 2.75) is 171 Å². The number of nitrogen functional groups attached to an aromatic ring is 4. The average molecular weight is 1300 g/mol. The van der Waals surface area contributed by atoms with Crippen molar-refractivity contribution in [1.29, 1.82) is 0 Å². The molecule has 4 aromatic carbocycles. The third kappa shape index (κ3) is 16.2. The smallest absolute Gasteiger partial charge is 0.152 e. The molecule has 24 nitrogen and oxygen atoms in total. The van der Waals surface area contributed by atoms with E-state index in [-0.39, 0.29) is 96.5 Å². The third-order valence-corrected chi connectivity index (χ3v) is 13.8. The van der Waals surface area contributed by atoms with E-state index >= 15 is 0 Å². The minimum Gasteiger partial charge on any atom is -0.389 e. The summed E-state index contributed by atoms with van der Waals surface area (Å²) in [6.45, 7) is -18.7. The van der Waals surface area contributed by atoms with E-state index in [2.05, 4.69) is 39.9 Å². The maximum absolute atomic E-state index is 11.0. The van der Waals surface area contributed by atoms with E-state index in [9.17, 15) is 20.4 Å². The van der Waals surface area contributed by atoms with Crippen LogP contribution in [-0.4, -0.2) is 127 Å². The SMILES string of the molecule is [2H]C([2H])(OC([2H])([2H])C([2H])([2H])[2H])c1nc2c(N)nc3ccccc3c2n1CC(C)(C)O.[2H]C([2H])([2H])C(O)(C([2H])([2H])[2H])C([2H])([2H])n1c(COCC)nc2c(N)nc3ccccc3c21.[2H]C([2H])([2H])C(O)(Cn1c(COCC)nc2c(N)nc3ccccc3c21)C([2H])([2H])[2H].[2H]C([2H])([2H])C([2H])(C)OCc1nc2c(N)nc3ccccc3c2n1CC(C)(C)O. The minimum atomic E-state index is -3.78. The van der Waals surface area contributed by atoms with E-state index in [1.54, 1.807) is 105 Å². The molecule has 0 radical (unpaired) electrons. The normalized spacial score (nSPS) is 18.3. The van der Waals surface area contributed by atoms with Gasteiger partial charge in [0, 0.05) is 66.0 Å². The monoisotopic (exact) mass is 1300 g/mol. The Morgan fingerprint density at radius 2 is 0.796 bits per heavy atom. The van der Waals surface area contributed by atoms with Crippen LogP contribution in [0.25, 0.3) is 87.7 Å². The number of aliphatic hydroxyl groups is 4. The molecule has 494 valence electrons. The number of benzene rings is 4. The fourth-order valence-corrected chi connectivity index (χ4v) is 10.3. The molecule has 8 heterocycles. The van der Waals surface area contributed by atoms with Gasteiger partial charge in [0.2, 0.25) is 0 Å². The Balaban J connectivity index is 0.000000179. The van der Waals surface area contributed by atoms with E-state index in [4.69, 9.17) is 76.2 Å². The number of hydrogen-bond acceptors (Lipinski definition) is 20. The number of ether oxygens (including phenoxy) is 4. The molecule has 1 atom stereocenters. The number of aromatic nitrogens is 12. The summed E-state index contributed by atoms with van der Waals surface area (Å²) in [5.74, 6) is 0.330. The molecule has 12 N–H and O–H groups in total. The van der Waals surface area contributed by atoms with Crippen LogP contribution in [-0.2, 0) is 71.5 Å². The molecule has 8 aromatic heterocycles. The summed E-state index contributed by atoms with van der Waals surface area (Å²) in [7, 11) is 0. The van der Waals surface area contributed by atoms with Gasteiger partial charge in [-0.3, -0.25) is 0 Å². The largest absolute Gasteiger partial charge is 0.389 e. The van der Waals surface area contributed by atoms with Crippen LogP contribution in [0.1, 0.15) is 147 Å². The molecular formula is C69H90N16O8. The zero-order valence-corrected chi connectivity index (χ0v) is 52.0. The lowest BCUT2D eigenvalue weighted by Crippen LogP contribution is -2.27. The molecule has 0 bridgehead atoms. The van der Waals surface area contributed by atoms with Gasteiger partial charge in [0.15, 0.2) is 23.3 Å². The predicted octanol–water partition coefficient (Wildman–Crippen LogP) is 10.3. The van der Waals surface area contributed by atoms with E-state index in [1.807, 2.05) is 24.3 Å². The van der Waals surface area contributed by atoms with Gasteiger partial charge in [-0.25, -0.2) is 39.9 Å². The van der Waals surface area contributed by atoms with Gasteiger partial charge in [0.1, 0.15) is 71.7 Å². The van der Waals surface area contributed by atoms with Crippen LogP contribution in [0.2, 0.25) is 0 Å². The summed E-state index contributed by atoms with van der Waals surface area (Å²) in [5.41, 5.74) is 19.5. The first kappa shape index (κ1) is 42.5. The van der Waals surface area contributed by atoms with Crippen LogP contribution in [0.3, 0.4) is 0 Å². The summed E-state index contributed by atoms with van der Waals surface area (Å²) in [6.07, 6.45) is -2.10. The molecule has 93 heavy (non-hydrogen) atoms. The summed E-state index contributed by atoms with van der Waals surface area (Å²) in [5, 5.41) is 45.0. The van der Waals surface area contributed by atoms with Crippen LogP contribution in [0.4, 0.5) is 23.3 Å². The number of anilines is 4. The Hall–Kier alpha value is -8.72. The first-order chi connectivity index (χ1) is 53.9. The number of hydrogen-bond donors (Lipinski definition) is 8. The second-order valence-corrected chi connectivity index (χ2v) is 22.7. The molecule has 0 saturated heterocycles. The van der Waals surface area contributed by atoms with Gasteiger partial charge in [0.05, 0.1) is 108 Å². The molecule has 12 rings (SSSR count). The van der Waals surface area contributed by atoms with Gasteiger partial charge in [0.25, 0.3) is 0 Å². The number of fused-ring (bicyclic) bond motifs is 12. The van der Waals surface area contributed by atoms with Crippen molar-refractivity contribution in [3.8, 4) is 0 Å². The third-order valence-electron chi connectivity index (χ3n) is 13.8. The maximum atomic E-state index is 11.0. The number of pyridine rings is 4. The van der Waals surface area contributed by atoms with E-state index in [1.165, 1.54) is 29.9 Å². The first-order valence-corrected chi connectivity index (χ1v) is 29.0. The van der Waals surface area contributed by atoms with Crippen LogP contribution >= 0.6 is 0 Å². The van der Waals surface area contributed by atoms with Gasteiger partial charge >= 0.3 is 0 Å². The molecule has 0 aliphatic carbocycles. The lowest BCUT2D eigenvalue weighted by Gasteiger charge is -2.21. The summed E-state index contributed by atoms with van der Waals surface area (Å²) in [6, 6.07) is 27.9. The van der Waals surface area contributed by atoms with Gasteiger partial charge in [-0.05, 0) is 114 Å². The van der Waals surface area contributed by atoms with E-state index in [0.717, 1.165) is 9.95 Å². The van der Waals surface area contributed by atoms with Crippen LogP contribution < -0.4 is 22.9 Å². The number of para-hydroxylation sites is 4. The second kappa shape index (κ2) is 28.2. The molecule has 12 aromatic rings. The quantitative estimate of drug-likeness (QED) is 0.0351. The predicted molar refractivity (Wildman–Crippen MR) is 369 cm³/mol. The Morgan fingerprint density at radius 1 is 0.462 bits per heavy atom. The average Bonchev–Trinajstić information content (AvgIpc) is 1.36. The molecule has 1 unspecified atom stereocenters. The molecule has 0 saturated carbocycles. The Labute approximate surface area is 575 Å². The molecule has 0 fully saturated rings. The molecule has 24 heteroatoms. The highest BCUT2D eigenvalue weighted by Crippen LogP contribution is 2.35. The molecule has 0 aliphatic heterocycles. The van der Waals surface area contributed by atoms with E-state index in [0.29, 0.717) is 72.7 Å². The van der Waals surface area contributed by atoms with Crippen molar-refractivity contribution in [2.75, 3.05) is 42.7 Å². The Kier molecular flexibility index (Phi) is 12.9. The maximum Gasteiger partial charge on any atom is 0.152 e. The first-order valence-electron chi connectivity index (χ1n) is 41.5. The number of nitrogens with zero attached hydrogens (tertiary/aromatic N) is 12. The molecule has 0 aliphatic rings. The minimum absolute atomic E-state index is 0.00841. The van der Waals surface area contributed by atoms with Crippen LogP contribution in [0.15, 0.2) is 97.1 Å². The second-order valence-electron chi connectivity index (χ2n) is 22.7. The lowest BCUT2D eigenvalue weighted by molar-refractivity contribution is 0.0459. The molecule has 0 spiro atoms. The number of imidazole rings is 4. The van der Waals surface area contributed by atoms with Crippen molar-refractivity contribution < 1.29 is 73.6 Å². The highest BCUT2D eigenvalue weighted by molar-refractivity contribution is 6.09. The fourth-order valence-electron chi connectivity index (χ4n) is 10.3. The molecule has 0 amide bonds. The summed E-state index contributed by atoms with van der Waals surface area (Å²) >= 11 is 0. The van der Waals surface area contributed by atoms with Crippen molar-refractivity contribution >= 4 is 111 Å². The summed E-state index contributed by atoms with van der Waals surface area (Å²) < 4.78 is 220. The number of nitrogens with two attached hydrogens (primary N) is 4. The Bertz CT molecular complexity index is 5640. The van der Waals surface area contributed by atoms with Crippen LogP contribution in [0.5, 0.6) is 0 Å². The zero-order valence-electron chi connectivity index (χ0n) is 77.0. The Morgan fingerprint density at radius 3 is 1.15 bits per heavy atom. The van der Waals surface area contributed by atoms with Gasteiger partial charge in [-0.1, -0.05) is 72.8 Å². The van der Waals surface area contributed by atoms with Gasteiger partial charge < -0.3 is 80.6 Å². The van der Waals surface area contributed by atoms with Crippen molar-refractivity contribution in [2.24, 2.45) is 0 Å². The molecular weight excluding hydrogens is 1180 g/mol. The zero-order chi connectivity index (χ0) is 88.6. The fraction of sp³-hybridized carbons (Fsp3) is 0.420. The van der Waals surface area contributed by atoms with Gasteiger partial charge in [-0.15, -0.1) is 0 Å². The topological polar surface area (TPSA) is 345 Å². The standard InChI is InChI=1S/C18H24N4O2.3C17H22N4O2/c1-11(2)24-9-14-21-15-16(22(14)10-18(3,4)23)12-7-5-6-8-13(12)20-17(15)19;3*1-4-23-9-13-20-14-15(21(13)10-17(2,3)22)11-7-5-6-8-12(11)19-16(14)18/h5-8,11,23H,9-10H2,1-4H3,(H2,19,20);3*5-8,22H,4,9-10H2,1-3H3,(H2,18,19)/i1D3,11D;2D3,3D3,10D2;1D3,4D2,9D2;2D3,3D3. The van der Waals surface area contributed by atoms with E-state index < -0.39 is 102 Å². The van der Waals surface area contributed by atoms with Crippen molar-refractivity contribution in [3.63, 3.8) is 0 Å². The van der Waals surface area contributed by atoms with Crippen molar-refractivity contribution in [1.82, 2.24) is 58.1 Å². The summed E-state index contributed by atoms with van der Waals surface area (Å²) in [4.78, 5) is 34.6. The highest BCUT2D eigenvalue weighted by atomic mass is 16.5. The number of rotatable bonds is 20. The lowest BCUT2D eigenvalue weighted by atomic mass is 10.1. The van der Waals surface area contributed by atoms with Crippen molar-refractivity contribution in [3.05, 3.63) is 120 Å².